The molecule has 3 aliphatic heterocycles. The van der Waals surface area contributed by atoms with Crippen molar-refractivity contribution in [3.05, 3.63) is 65.2 Å². The van der Waals surface area contributed by atoms with E-state index in [9.17, 15) is 19.8 Å². The van der Waals surface area contributed by atoms with Crippen molar-refractivity contribution in [3.63, 3.8) is 0 Å². The van der Waals surface area contributed by atoms with Crippen LogP contribution >= 0.6 is 0 Å². The van der Waals surface area contributed by atoms with Gasteiger partial charge in [0.2, 0.25) is 5.91 Å². The van der Waals surface area contributed by atoms with Gasteiger partial charge in [-0.2, -0.15) is 5.06 Å². The van der Waals surface area contributed by atoms with Crippen molar-refractivity contribution in [3.8, 4) is 5.75 Å². The highest BCUT2D eigenvalue weighted by molar-refractivity contribution is 5.83. The molecule has 2 aromatic rings. The lowest BCUT2D eigenvalue weighted by molar-refractivity contribution is -0.183. The van der Waals surface area contributed by atoms with Gasteiger partial charge in [-0.25, -0.2) is 0 Å². The van der Waals surface area contributed by atoms with E-state index in [2.05, 4.69) is 80.1 Å². The largest absolute Gasteiger partial charge is 0.483 e. The number of aliphatic hydroxyl groups excluding tert-OH is 2. The SMILES string of the molecule is CC(C)C[C@@H](CN1CCCC1)N(Cc1cccc(CN2O[C@@H](CO)[C@@H]([C@H](C)O)[C@H]2C(=O)N[C@H]2C[C@H]3C[C@@H]([C@@H]2C)C3(C)C)c1)Cc1ccccc1OCC(=O)N1CCOCC1. The molecule has 0 spiro atoms. The number of rotatable bonds is 18. The molecule has 3 saturated carbocycles. The van der Waals surface area contributed by atoms with Crippen LogP contribution in [0.2, 0.25) is 0 Å². The maximum atomic E-state index is 14.3. The quantitative estimate of drug-likeness (QED) is 0.187. The molecule has 60 heavy (non-hydrogen) atoms. The summed E-state index contributed by atoms with van der Waals surface area (Å²) >= 11 is 0. The lowest BCUT2D eigenvalue weighted by Crippen LogP contribution is -2.62. The highest BCUT2D eigenvalue weighted by Crippen LogP contribution is 2.61. The number of morpholine rings is 1. The van der Waals surface area contributed by atoms with E-state index in [1.165, 1.54) is 19.3 Å². The van der Waals surface area contributed by atoms with Crippen LogP contribution < -0.4 is 10.1 Å². The molecule has 12 heteroatoms. The Kier molecular flexibility index (Phi) is 14.9. The molecule has 0 radical (unpaired) electrons. The summed E-state index contributed by atoms with van der Waals surface area (Å²) < 4.78 is 11.7. The number of carbonyl (C=O) groups excluding carboxylic acids is 2. The van der Waals surface area contributed by atoms with Crippen molar-refractivity contribution in [1.82, 2.24) is 25.1 Å². The van der Waals surface area contributed by atoms with Gasteiger partial charge >= 0.3 is 0 Å². The third-order valence-electron chi connectivity index (χ3n) is 14.8. The zero-order chi connectivity index (χ0) is 42.6. The fourth-order valence-corrected chi connectivity index (χ4v) is 11.2. The molecule has 6 aliphatic rings. The molecule has 332 valence electrons. The van der Waals surface area contributed by atoms with E-state index in [0.29, 0.717) is 75.0 Å². The number of ether oxygens (including phenoxy) is 2. The Morgan fingerprint density at radius 1 is 0.983 bits per heavy atom. The van der Waals surface area contributed by atoms with Crippen LogP contribution in [0, 0.1) is 35.0 Å². The molecule has 3 aliphatic carbocycles. The number of hydrogen-bond donors (Lipinski definition) is 3. The van der Waals surface area contributed by atoms with Crippen LogP contribution in [-0.4, -0.2) is 131 Å². The number of aliphatic hydroxyl groups is 2. The number of nitrogens with one attached hydrogen (secondary N) is 1. The van der Waals surface area contributed by atoms with Gasteiger partial charge in [0.15, 0.2) is 6.61 Å². The van der Waals surface area contributed by atoms with Crippen LogP contribution in [-0.2, 0) is 38.8 Å². The third kappa shape index (κ3) is 10.4. The van der Waals surface area contributed by atoms with Crippen LogP contribution in [0.3, 0.4) is 0 Å². The molecular weight excluding hydrogens is 759 g/mol. The first kappa shape index (κ1) is 44.9. The van der Waals surface area contributed by atoms with E-state index in [-0.39, 0.29) is 37.1 Å². The third-order valence-corrected chi connectivity index (χ3v) is 14.8. The maximum absolute atomic E-state index is 14.3. The Balaban J connectivity index is 1.10. The first-order chi connectivity index (χ1) is 28.8. The molecule has 12 nitrogen and oxygen atoms in total. The molecule has 0 aromatic heterocycles. The van der Waals surface area contributed by atoms with Crippen molar-refractivity contribution in [2.24, 2.45) is 35.0 Å². The number of fused-ring (bicyclic) bond motifs is 2. The monoisotopic (exact) mass is 832 g/mol. The maximum Gasteiger partial charge on any atom is 0.260 e. The number of amides is 2. The number of benzene rings is 2. The molecular formula is C48H73N5O7. The second kappa shape index (κ2) is 19.9. The van der Waals surface area contributed by atoms with Gasteiger partial charge in [-0.15, -0.1) is 0 Å². The average Bonchev–Trinajstić information content (AvgIpc) is 3.88. The van der Waals surface area contributed by atoms with Crippen molar-refractivity contribution in [2.75, 3.05) is 59.2 Å². The molecule has 8 rings (SSSR count). The second-order valence-electron chi connectivity index (χ2n) is 19.6. The molecule has 3 N–H and O–H groups in total. The van der Waals surface area contributed by atoms with Crippen molar-refractivity contribution in [2.45, 2.75) is 124 Å². The number of carbonyl (C=O) groups is 2. The smallest absolute Gasteiger partial charge is 0.260 e. The topological polar surface area (TPSA) is 127 Å². The number of hydrogen-bond acceptors (Lipinski definition) is 10. The molecule has 6 fully saturated rings. The number of para-hydroxylation sites is 1. The summed E-state index contributed by atoms with van der Waals surface area (Å²) in [6, 6.07) is 16.2. The van der Waals surface area contributed by atoms with Gasteiger partial charge in [-0.05, 0) is 98.4 Å². The molecule has 9 atom stereocenters. The fourth-order valence-electron chi connectivity index (χ4n) is 11.2. The number of nitrogens with zero attached hydrogens (tertiary/aromatic N) is 4. The van der Waals surface area contributed by atoms with Crippen molar-refractivity contribution in [1.29, 1.82) is 0 Å². The minimum Gasteiger partial charge on any atom is -0.483 e. The van der Waals surface area contributed by atoms with E-state index in [1.54, 1.807) is 12.0 Å². The van der Waals surface area contributed by atoms with E-state index in [0.717, 1.165) is 54.9 Å². The highest BCUT2D eigenvalue weighted by Gasteiger charge is 2.57. The van der Waals surface area contributed by atoms with Crippen LogP contribution in [0.4, 0.5) is 0 Å². The fraction of sp³-hybridized carbons (Fsp3) is 0.708. The van der Waals surface area contributed by atoms with E-state index in [4.69, 9.17) is 14.3 Å². The van der Waals surface area contributed by atoms with Gasteiger partial charge in [0, 0.05) is 56.3 Å². The summed E-state index contributed by atoms with van der Waals surface area (Å²) in [5, 5.41) is 26.5. The first-order valence-electron chi connectivity index (χ1n) is 23.0. The normalized spacial score (nSPS) is 29.1. The van der Waals surface area contributed by atoms with Crippen LogP contribution in [0.25, 0.3) is 0 Å². The molecule has 2 bridgehead atoms. The Bertz CT molecular complexity index is 1730. The number of hydroxylamine groups is 2. The van der Waals surface area contributed by atoms with E-state index >= 15 is 0 Å². The lowest BCUT2D eigenvalue weighted by Gasteiger charge is -2.62. The van der Waals surface area contributed by atoms with Gasteiger partial charge in [0.25, 0.3) is 5.91 Å². The molecule has 3 saturated heterocycles. The predicted molar refractivity (Wildman–Crippen MR) is 231 cm³/mol. The Morgan fingerprint density at radius 2 is 1.72 bits per heavy atom. The minimum absolute atomic E-state index is 0.00814. The van der Waals surface area contributed by atoms with Gasteiger partial charge in [0.1, 0.15) is 17.9 Å². The summed E-state index contributed by atoms with van der Waals surface area (Å²) in [6.07, 6.45) is 4.14. The Labute approximate surface area is 358 Å². The van der Waals surface area contributed by atoms with Crippen molar-refractivity contribution < 1.29 is 34.1 Å². The summed E-state index contributed by atoms with van der Waals surface area (Å²) in [7, 11) is 0. The summed E-state index contributed by atoms with van der Waals surface area (Å²) in [5.74, 6) is 2.03. The van der Waals surface area contributed by atoms with Crippen molar-refractivity contribution >= 4 is 11.8 Å². The standard InChI is InChI=1S/C48H73N5O7/c1-32(2)22-39(29-50-16-9-10-17-50)52(28-37-14-7-8-15-42(37)59-31-44(56)51-18-20-58-21-19-51)26-35-12-11-13-36(23-35)27-53-46(45(34(4)55)43(30-54)60-53)47(57)49-41-25-38-24-40(33(41)3)48(38,5)6/h7-8,11-15,23,32-34,38-41,43,45-46,54-55H,9-10,16-22,24-31H2,1-6H3,(H,49,57)/t33-,34-,38+,39-,40-,41-,43-,45+,46-/m0/s1. The van der Waals surface area contributed by atoms with Gasteiger partial charge in [0.05, 0.1) is 32.5 Å². The first-order valence-corrected chi connectivity index (χ1v) is 23.0. The summed E-state index contributed by atoms with van der Waals surface area (Å²) in [4.78, 5) is 40.7. The molecule has 3 heterocycles. The zero-order valence-electron chi connectivity index (χ0n) is 37.1. The second-order valence-corrected chi connectivity index (χ2v) is 19.6. The van der Waals surface area contributed by atoms with Crippen LogP contribution in [0.5, 0.6) is 5.75 Å². The van der Waals surface area contributed by atoms with Crippen LogP contribution in [0.1, 0.15) is 90.3 Å². The Morgan fingerprint density at radius 3 is 2.40 bits per heavy atom. The lowest BCUT2D eigenvalue weighted by atomic mass is 9.45. The van der Waals surface area contributed by atoms with Crippen LogP contribution in [0.15, 0.2) is 48.5 Å². The van der Waals surface area contributed by atoms with Gasteiger partial charge in [-0.1, -0.05) is 77.1 Å². The minimum atomic E-state index is -0.850. The Hall–Kier alpha value is -3.10. The van der Waals surface area contributed by atoms with Gasteiger partial charge in [-0.3, -0.25) is 19.3 Å². The average molecular weight is 832 g/mol. The number of likely N-dealkylation sites (tertiary alicyclic amines) is 1. The van der Waals surface area contributed by atoms with E-state index in [1.807, 2.05) is 23.1 Å². The summed E-state index contributed by atoms with van der Waals surface area (Å²) in [6.45, 7) is 20.2. The molecule has 2 amide bonds. The summed E-state index contributed by atoms with van der Waals surface area (Å²) in [5.41, 5.74) is 3.49. The zero-order valence-corrected chi connectivity index (χ0v) is 37.1. The molecule has 2 aromatic carbocycles. The highest BCUT2D eigenvalue weighted by atomic mass is 16.7. The predicted octanol–water partition coefficient (Wildman–Crippen LogP) is 5.10. The van der Waals surface area contributed by atoms with Gasteiger partial charge < -0.3 is 34.8 Å². The molecule has 0 unspecified atom stereocenters. The van der Waals surface area contributed by atoms with E-state index < -0.39 is 24.2 Å².